The number of carboxylic acid groups (broad SMARTS) is 1. The van der Waals surface area contributed by atoms with Gasteiger partial charge in [-0.3, -0.25) is 9.59 Å². The predicted molar refractivity (Wildman–Crippen MR) is 65.7 cm³/mol. The second-order valence-electron chi connectivity index (χ2n) is 3.42. The van der Waals surface area contributed by atoms with E-state index in [0.717, 1.165) is 0 Å². The highest BCUT2D eigenvalue weighted by atomic mass is 35.5. The zero-order chi connectivity index (χ0) is 12.8. The molecule has 0 spiro atoms. The fourth-order valence-corrected chi connectivity index (χ4v) is 1.30. The van der Waals surface area contributed by atoms with E-state index in [1.807, 2.05) is 0 Å². The smallest absolute Gasteiger partial charge is 0.325 e. The molecule has 0 aliphatic rings. The van der Waals surface area contributed by atoms with Crippen LogP contribution >= 0.6 is 11.6 Å². The molecule has 0 fully saturated rings. The van der Waals surface area contributed by atoms with Crippen LogP contribution in [0.1, 0.15) is 12.5 Å². The molecule has 0 aliphatic carbocycles. The summed E-state index contributed by atoms with van der Waals surface area (Å²) < 4.78 is 0. The number of carbonyl (C=O) groups excluding carboxylic acids is 1. The van der Waals surface area contributed by atoms with E-state index in [2.05, 4.69) is 5.32 Å². The lowest BCUT2D eigenvalue weighted by molar-refractivity contribution is -0.140. The van der Waals surface area contributed by atoms with Crippen LogP contribution in [0.15, 0.2) is 30.3 Å². The highest BCUT2D eigenvalue weighted by Gasteiger charge is 2.11. The number of amides is 1. The van der Waals surface area contributed by atoms with Gasteiger partial charge in [-0.25, -0.2) is 0 Å². The van der Waals surface area contributed by atoms with Crippen molar-refractivity contribution in [2.24, 2.45) is 0 Å². The molecular formula is C12H12ClNO3. The number of halogens is 1. The highest BCUT2D eigenvalue weighted by Crippen LogP contribution is 2.15. The summed E-state index contributed by atoms with van der Waals surface area (Å²) in [4.78, 5) is 21.8. The fourth-order valence-electron chi connectivity index (χ4n) is 1.10. The first-order valence-electron chi connectivity index (χ1n) is 4.96. The number of hydrogen-bond acceptors (Lipinski definition) is 2. The quantitative estimate of drug-likeness (QED) is 0.806. The minimum absolute atomic E-state index is 0.472. The van der Waals surface area contributed by atoms with Crippen molar-refractivity contribution >= 4 is 29.6 Å². The van der Waals surface area contributed by atoms with Crippen molar-refractivity contribution in [3.05, 3.63) is 40.9 Å². The maximum absolute atomic E-state index is 11.3. The van der Waals surface area contributed by atoms with E-state index in [0.29, 0.717) is 10.6 Å². The SMILES string of the molecule is C[C@H](NC(=O)C=Cc1ccccc1Cl)C(=O)O. The molecule has 1 amide bonds. The maximum atomic E-state index is 11.3. The molecule has 0 saturated carbocycles. The Bertz CT molecular complexity index is 457. The zero-order valence-corrected chi connectivity index (χ0v) is 9.94. The third-order valence-corrected chi connectivity index (χ3v) is 2.39. The second-order valence-corrected chi connectivity index (χ2v) is 3.83. The van der Waals surface area contributed by atoms with Crippen molar-refractivity contribution in [3.8, 4) is 0 Å². The molecular weight excluding hydrogens is 242 g/mol. The zero-order valence-electron chi connectivity index (χ0n) is 9.18. The minimum Gasteiger partial charge on any atom is -0.480 e. The molecule has 0 bridgehead atoms. The third-order valence-electron chi connectivity index (χ3n) is 2.05. The Labute approximate surface area is 104 Å². The Balaban J connectivity index is 2.63. The molecule has 0 unspecified atom stereocenters. The molecule has 0 heterocycles. The molecule has 2 N–H and O–H groups in total. The molecule has 1 atom stereocenters. The molecule has 90 valence electrons. The largest absolute Gasteiger partial charge is 0.480 e. The van der Waals surface area contributed by atoms with Gasteiger partial charge in [0.25, 0.3) is 0 Å². The average molecular weight is 254 g/mol. The maximum Gasteiger partial charge on any atom is 0.325 e. The van der Waals surface area contributed by atoms with Gasteiger partial charge in [0, 0.05) is 11.1 Å². The number of carbonyl (C=O) groups is 2. The summed E-state index contributed by atoms with van der Waals surface area (Å²) in [7, 11) is 0. The molecule has 0 aromatic heterocycles. The van der Waals surface area contributed by atoms with E-state index >= 15 is 0 Å². The second kappa shape index (κ2) is 6.06. The molecule has 1 rings (SSSR count). The van der Waals surface area contributed by atoms with Crippen molar-refractivity contribution in [2.75, 3.05) is 0 Å². The van der Waals surface area contributed by atoms with Gasteiger partial charge in [-0.05, 0) is 24.6 Å². The van der Waals surface area contributed by atoms with Gasteiger partial charge in [0.1, 0.15) is 6.04 Å². The highest BCUT2D eigenvalue weighted by molar-refractivity contribution is 6.32. The van der Waals surface area contributed by atoms with Gasteiger partial charge in [0.2, 0.25) is 5.91 Å². The van der Waals surface area contributed by atoms with E-state index in [1.165, 1.54) is 19.1 Å². The summed E-state index contributed by atoms with van der Waals surface area (Å²) in [5, 5.41) is 11.4. The lowest BCUT2D eigenvalue weighted by atomic mass is 10.2. The first-order chi connectivity index (χ1) is 8.00. The lowest BCUT2D eigenvalue weighted by Crippen LogP contribution is -2.37. The van der Waals surface area contributed by atoms with Gasteiger partial charge in [0.15, 0.2) is 0 Å². The van der Waals surface area contributed by atoms with Crippen molar-refractivity contribution in [3.63, 3.8) is 0 Å². The Morgan fingerprint density at radius 2 is 2.06 bits per heavy atom. The molecule has 1 aromatic rings. The summed E-state index contributed by atoms with van der Waals surface area (Å²) in [6.07, 6.45) is 2.78. The first-order valence-corrected chi connectivity index (χ1v) is 5.34. The van der Waals surface area contributed by atoms with Crippen molar-refractivity contribution in [1.29, 1.82) is 0 Å². The van der Waals surface area contributed by atoms with Gasteiger partial charge in [0.05, 0.1) is 0 Å². The van der Waals surface area contributed by atoms with Crippen LogP contribution in [0.5, 0.6) is 0 Å². The van der Waals surface area contributed by atoms with Crippen LogP contribution < -0.4 is 5.32 Å². The number of benzene rings is 1. The number of carboxylic acids is 1. The molecule has 0 radical (unpaired) electrons. The van der Waals surface area contributed by atoms with Crippen LogP contribution in [0.4, 0.5) is 0 Å². The van der Waals surface area contributed by atoms with Gasteiger partial charge in [-0.2, -0.15) is 0 Å². The topological polar surface area (TPSA) is 66.4 Å². The number of rotatable bonds is 4. The summed E-state index contributed by atoms with van der Waals surface area (Å²) in [5.74, 6) is -1.55. The van der Waals surface area contributed by atoms with E-state index < -0.39 is 17.9 Å². The van der Waals surface area contributed by atoms with Crippen LogP contribution in [-0.2, 0) is 9.59 Å². The summed E-state index contributed by atoms with van der Waals surface area (Å²) in [6.45, 7) is 1.39. The van der Waals surface area contributed by atoms with E-state index in [1.54, 1.807) is 24.3 Å². The van der Waals surface area contributed by atoms with E-state index in [-0.39, 0.29) is 0 Å². The van der Waals surface area contributed by atoms with Crippen LogP contribution in [0.25, 0.3) is 6.08 Å². The summed E-state index contributed by atoms with van der Waals surface area (Å²) in [5.41, 5.74) is 0.701. The number of nitrogens with one attached hydrogen (secondary N) is 1. The minimum atomic E-state index is -1.08. The standard InChI is InChI=1S/C12H12ClNO3/c1-8(12(16)17)14-11(15)7-6-9-4-2-3-5-10(9)13/h2-8H,1H3,(H,14,15)(H,16,17)/t8-/m0/s1. The van der Waals surface area contributed by atoms with E-state index in [9.17, 15) is 9.59 Å². The Hall–Kier alpha value is -1.81. The van der Waals surface area contributed by atoms with Gasteiger partial charge < -0.3 is 10.4 Å². The van der Waals surface area contributed by atoms with Crippen LogP contribution in [0.3, 0.4) is 0 Å². The molecule has 0 aliphatic heterocycles. The number of aliphatic carboxylic acids is 1. The Morgan fingerprint density at radius 1 is 1.41 bits per heavy atom. The first kappa shape index (κ1) is 13.3. The Kier molecular flexibility index (Phi) is 4.72. The molecule has 0 saturated heterocycles. The summed E-state index contributed by atoms with van der Waals surface area (Å²) >= 11 is 5.89. The summed E-state index contributed by atoms with van der Waals surface area (Å²) in [6, 6.07) is 6.12. The molecule has 5 heteroatoms. The van der Waals surface area contributed by atoms with Gasteiger partial charge >= 0.3 is 5.97 Å². The average Bonchev–Trinajstić information content (AvgIpc) is 2.27. The van der Waals surface area contributed by atoms with Gasteiger partial charge in [-0.15, -0.1) is 0 Å². The van der Waals surface area contributed by atoms with Crippen molar-refractivity contribution in [2.45, 2.75) is 13.0 Å². The third kappa shape index (κ3) is 4.28. The predicted octanol–water partition coefficient (Wildman–Crippen LogP) is 1.94. The van der Waals surface area contributed by atoms with Crippen molar-refractivity contribution < 1.29 is 14.7 Å². The van der Waals surface area contributed by atoms with Crippen molar-refractivity contribution in [1.82, 2.24) is 5.32 Å². The van der Waals surface area contributed by atoms with E-state index in [4.69, 9.17) is 16.7 Å². The van der Waals surface area contributed by atoms with Crippen LogP contribution in [0, 0.1) is 0 Å². The molecule has 17 heavy (non-hydrogen) atoms. The normalized spacial score (nSPS) is 12.4. The number of hydrogen-bond donors (Lipinski definition) is 2. The monoisotopic (exact) mass is 253 g/mol. The Morgan fingerprint density at radius 3 is 2.65 bits per heavy atom. The molecule has 4 nitrogen and oxygen atoms in total. The lowest BCUT2D eigenvalue weighted by Gasteiger charge is -2.06. The van der Waals surface area contributed by atoms with Crippen LogP contribution in [-0.4, -0.2) is 23.0 Å². The van der Waals surface area contributed by atoms with Gasteiger partial charge in [-0.1, -0.05) is 29.8 Å². The fraction of sp³-hybridized carbons (Fsp3) is 0.167. The van der Waals surface area contributed by atoms with Crippen LogP contribution in [0.2, 0.25) is 5.02 Å². The molecule has 1 aromatic carbocycles.